The van der Waals surface area contributed by atoms with Crippen LogP contribution < -0.4 is 0 Å². The highest BCUT2D eigenvalue weighted by Crippen LogP contribution is 2.28. The van der Waals surface area contributed by atoms with Crippen molar-refractivity contribution in [1.82, 2.24) is 0 Å². The standard InChI is InChI=1S/C20H18FNO3S/c21-20-11-15(12-22)3-10-19(20)16-4-8-18(9-5-16)26(24,25)13-14-1-6-17(23)7-2-14/h3-5,8-11,14H,1-2,6-7,13H2. The molecule has 0 radical (unpaired) electrons. The summed E-state index contributed by atoms with van der Waals surface area (Å²) in [7, 11) is -3.45. The Bertz CT molecular complexity index is 965. The number of Topliss-reactive ketones (excluding diaryl/α,β-unsaturated/α-hetero) is 1. The second kappa shape index (κ2) is 7.38. The lowest BCUT2D eigenvalue weighted by molar-refractivity contribution is -0.120. The second-order valence-corrected chi connectivity index (χ2v) is 8.63. The predicted molar refractivity (Wildman–Crippen MR) is 95.6 cm³/mol. The Morgan fingerprint density at radius 1 is 1.08 bits per heavy atom. The molecule has 0 atom stereocenters. The van der Waals surface area contributed by atoms with Gasteiger partial charge in [-0.1, -0.05) is 18.2 Å². The van der Waals surface area contributed by atoms with Gasteiger partial charge in [0.15, 0.2) is 9.84 Å². The van der Waals surface area contributed by atoms with Crippen LogP contribution in [-0.4, -0.2) is 20.0 Å². The summed E-state index contributed by atoms with van der Waals surface area (Å²) < 4.78 is 39.3. The highest BCUT2D eigenvalue weighted by molar-refractivity contribution is 7.91. The maximum atomic E-state index is 14.1. The van der Waals surface area contributed by atoms with Crippen molar-refractivity contribution in [2.24, 2.45) is 5.92 Å². The Balaban J connectivity index is 1.78. The molecule has 0 aliphatic heterocycles. The Labute approximate surface area is 152 Å². The van der Waals surface area contributed by atoms with Crippen molar-refractivity contribution < 1.29 is 17.6 Å². The number of hydrogen-bond acceptors (Lipinski definition) is 4. The zero-order valence-corrected chi connectivity index (χ0v) is 14.9. The van der Waals surface area contributed by atoms with E-state index in [2.05, 4.69) is 0 Å². The molecule has 0 unspecified atom stereocenters. The summed E-state index contributed by atoms with van der Waals surface area (Å²) in [4.78, 5) is 11.5. The number of sulfone groups is 1. The van der Waals surface area contributed by atoms with E-state index in [0.29, 0.717) is 36.8 Å². The van der Waals surface area contributed by atoms with Crippen LogP contribution in [0.1, 0.15) is 31.2 Å². The Morgan fingerprint density at radius 2 is 1.73 bits per heavy atom. The zero-order valence-electron chi connectivity index (χ0n) is 14.1. The molecule has 1 aliphatic rings. The van der Waals surface area contributed by atoms with Crippen LogP contribution in [0.3, 0.4) is 0 Å². The molecule has 6 heteroatoms. The summed E-state index contributed by atoms with van der Waals surface area (Å²) in [6.45, 7) is 0. The van der Waals surface area contributed by atoms with E-state index >= 15 is 0 Å². The van der Waals surface area contributed by atoms with E-state index in [1.54, 1.807) is 12.1 Å². The summed E-state index contributed by atoms with van der Waals surface area (Å²) in [5, 5.41) is 8.80. The first-order chi connectivity index (χ1) is 12.4. The number of carbonyl (C=O) groups excluding carboxylic acids is 1. The second-order valence-electron chi connectivity index (χ2n) is 6.59. The summed E-state index contributed by atoms with van der Waals surface area (Å²) in [6.07, 6.45) is 2.15. The third kappa shape index (κ3) is 4.00. The molecule has 4 nitrogen and oxygen atoms in total. The SMILES string of the molecule is N#Cc1ccc(-c2ccc(S(=O)(=O)CC3CCC(=O)CC3)cc2)c(F)c1. The average molecular weight is 371 g/mol. The maximum Gasteiger partial charge on any atom is 0.178 e. The van der Waals surface area contributed by atoms with Gasteiger partial charge in [-0.15, -0.1) is 0 Å². The van der Waals surface area contributed by atoms with Crippen molar-refractivity contribution in [3.8, 4) is 17.2 Å². The molecule has 134 valence electrons. The average Bonchev–Trinajstić information content (AvgIpc) is 2.63. The fraction of sp³-hybridized carbons (Fsp3) is 0.300. The van der Waals surface area contributed by atoms with Gasteiger partial charge in [-0.2, -0.15) is 5.26 Å². The molecule has 0 amide bonds. The summed E-state index contributed by atoms with van der Waals surface area (Å²) >= 11 is 0. The third-order valence-corrected chi connectivity index (χ3v) is 6.64. The van der Waals surface area contributed by atoms with Gasteiger partial charge < -0.3 is 0 Å². The number of benzene rings is 2. The summed E-state index contributed by atoms with van der Waals surface area (Å²) in [6, 6.07) is 12.2. The third-order valence-electron chi connectivity index (χ3n) is 4.74. The minimum atomic E-state index is -3.45. The molecule has 2 aromatic carbocycles. The Morgan fingerprint density at radius 3 is 2.31 bits per heavy atom. The fourth-order valence-corrected chi connectivity index (χ4v) is 4.93. The number of halogens is 1. The first-order valence-corrected chi connectivity index (χ1v) is 10.1. The number of ketones is 1. The topological polar surface area (TPSA) is 75.0 Å². The van der Waals surface area contributed by atoms with Gasteiger partial charge in [0.1, 0.15) is 11.6 Å². The highest BCUT2D eigenvalue weighted by atomic mass is 32.2. The van der Waals surface area contributed by atoms with Gasteiger partial charge in [0.05, 0.1) is 22.3 Å². The Kier molecular flexibility index (Phi) is 5.19. The predicted octanol–water partition coefficient (Wildman–Crippen LogP) is 3.90. The molecule has 1 aliphatic carbocycles. The summed E-state index contributed by atoms with van der Waals surface area (Å²) in [5.41, 5.74) is 1.10. The lowest BCUT2D eigenvalue weighted by Crippen LogP contribution is -2.22. The molecule has 0 aromatic heterocycles. The van der Waals surface area contributed by atoms with Crippen LogP contribution in [-0.2, 0) is 14.6 Å². The largest absolute Gasteiger partial charge is 0.300 e. The molecule has 0 bridgehead atoms. The van der Waals surface area contributed by atoms with Crippen molar-refractivity contribution in [3.05, 3.63) is 53.8 Å². The lowest BCUT2D eigenvalue weighted by Gasteiger charge is -2.20. The molecule has 26 heavy (non-hydrogen) atoms. The molecule has 3 rings (SSSR count). The van der Waals surface area contributed by atoms with E-state index in [1.807, 2.05) is 6.07 Å². The molecule has 1 saturated carbocycles. The van der Waals surface area contributed by atoms with Gasteiger partial charge in [0, 0.05) is 18.4 Å². The van der Waals surface area contributed by atoms with Crippen LogP contribution in [0.15, 0.2) is 47.4 Å². The van der Waals surface area contributed by atoms with Crippen molar-refractivity contribution in [3.63, 3.8) is 0 Å². The number of nitriles is 1. The lowest BCUT2D eigenvalue weighted by atomic mass is 9.90. The number of nitrogens with zero attached hydrogens (tertiary/aromatic N) is 1. The minimum Gasteiger partial charge on any atom is -0.300 e. The van der Waals surface area contributed by atoms with E-state index in [9.17, 15) is 17.6 Å². The normalized spacial score (nSPS) is 15.6. The van der Waals surface area contributed by atoms with Gasteiger partial charge in [0.25, 0.3) is 0 Å². The van der Waals surface area contributed by atoms with Crippen LogP contribution in [0.25, 0.3) is 11.1 Å². The van der Waals surface area contributed by atoms with E-state index in [-0.39, 0.29) is 27.9 Å². The highest BCUT2D eigenvalue weighted by Gasteiger charge is 2.25. The molecule has 1 fully saturated rings. The number of carbonyl (C=O) groups is 1. The van der Waals surface area contributed by atoms with Crippen LogP contribution >= 0.6 is 0 Å². The monoisotopic (exact) mass is 371 g/mol. The molecule has 0 N–H and O–H groups in total. The van der Waals surface area contributed by atoms with Gasteiger partial charge in [0.2, 0.25) is 0 Å². The maximum absolute atomic E-state index is 14.1. The first kappa shape index (κ1) is 18.3. The number of hydrogen-bond donors (Lipinski definition) is 0. The molecular weight excluding hydrogens is 353 g/mol. The van der Waals surface area contributed by atoms with E-state index < -0.39 is 15.7 Å². The molecule has 2 aromatic rings. The van der Waals surface area contributed by atoms with Crippen LogP contribution in [0.5, 0.6) is 0 Å². The molecule has 0 saturated heterocycles. The summed E-state index contributed by atoms with van der Waals surface area (Å²) in [5.74, 6) is -0.280. The van der Waals surface area contributed by atoms with Crippen LogP contribution in [0.4, 0.5) is 4.39 Å². The van der Waals surface area contributed by atoms with Gasteiger partial charge in [-0.3, -0.25) is 4.79 Å². The van der Waals surface area contributed by atoms with E-state index in [1.165, 1.54) is 24.3 Å². The smallest absolute Gasteiger partial charge is 0.178 e. The first-order valence-electron chi connectivity index (χ1n) is 8.43. The fourth-order valence-electron chi connectivity index (χ4n) is 3.23. The minimum absolute atomic E-state index is 0.00773. The van der Waals surface area contributed by atoms with Gasteiger partial charge in [-0.05, 0) is 48.6 Å². The Hall–Kier alpha value is -2.52. The van der Waals surface area contributed by atoms with Crippen molar-refractivity contribution in [2.45, 2.75) is 30.6 Å². The molecular formula is C20H18FNO3S. The molecule has 0 spiro atoms. The van der Waals surface area contributed by atoms with E-state index in [0.717, 1.165) is 6.07 Å². The quantitative estimate of drug-likeness (QED) is 0.817. The van der Waals surface area contributed by atoms with Crippen molar-refractivity contribution >= 4 is 15.6 Å². The zero-order chi connectivity index (χ0) is 18.7. The van der Waals surface area contributed by atoms with Crippen LogP contribution in [0.2, 0.25) is 0 Å². The molecule has 0 heterocycles. The van der Waals surface area contributed by atoms with E-state index in [4.69, 9.17) is 5.26 Å². The van der Waals surface area contributed by atoms with Crippen molar-refractivity contribution in [1.29, 1.82) is 5.26 Å². The number of rotatable bonds is 4. The van der Waals surface area contributed by atoms with Gasteiger partial charge >= 0.3 is 0 Å². The van der Waals surface area contributed by atoms with Crippen LogP contribution in [0, 0.1) is 23.1 Å². The van der Waals surface area contributed by atoms with Gasteiger partial charge in [-0.25, -0.2) is 12.8 Å². The van der Waals surface area contributed by atoms with Crippen molar-refractivity contribution in [2.75, 3.05) is 5.75 Å².